The SMILES string of the molecule is CC(=O)N1CCC(C#Cc2ccc(N(C=S)C(C)(C)C(=O)N(C)c3ccc(C#N)c(C(F)(F)F)c3F)cc2)CC1. The van der Waals surface area contributed by atoms with Crippen molar-refractivity contribution in [3.63, 3.8) is 0 Å². The number of benzene rings is 2. The molecule has 6 nitrogen and oxygen atoms in total. The maximum absolute atomic E-state index is 15.0. The van der Waals surface area contributed by atoms with Gasteiger partial charge in [-0.2, -0.15) is 18.4 Å². The fourth-order valence-electron chi connectivity index (χ4n) is 4.56. The number of halogens is 4. The van der Waals surface area contributed by atoms with Crippen molar-refractivity contribution in [3.05, 3.63) is 58.9 Å². The zero-order chi connectivity index (χ0) is 29.8. The highest BCUT2D eigenvalue weighted by Crippen LogP contribution is 2.38. The zero-order valence-corrected chi connectivity index (χ0v) is 23.3. The summed E-state index contributed by atoms with van der Waals surface area (Å²) < 4.78 is 55.4. The molecule has 3 rings (SSSR count). The van der Waals surface area contributed by atoms with Gasteiger partial charge in [0.1, 0.15) is 11.1 Å². The van der Waals surface area contributed by atoms with Crippen LogP contribution in [0.2, 0.25) is 0 Å². The van der Waals surface area contributed by atoms with Gasteiger partial charge in [-0.3, -0.25) is 9.59 Å². The van der Waals surface area contributed by atoms with Crippen LogP contribution in [-0.4, -0.2) is 47.9 Å². The molecule has 40 heavy (non-hydrogen) atoms. The maximum Gasteiger partial charge on any atom is 0.420 e. The molecule has 1 aliphatic heterocycles. The van der Waals surface area contributed by atoms with Crippen molar-refractivity contribution in [2.75, 3.05) is 29.9 Å². The molecule has 1 saturated heterocycles. The largest absolute Gasteiger partial charge is 0.420 e. The van der Waals surface area contributed by atoms with E-state index in [0.717, 1.165) is 42.5 Å². The summed E-state index contributed by atoms with van der Waals surface area (Å²) in [7, 11) is 1.16. The highest BCUT2D eigenvalue weighted by molar-refractivity contribution is 7.79. The van der Waals surface area contributed by atoms with Crippen LogP contribution < -0.4 is 9.80 Å². The molecule has 0 radical (unpaired) electrons. The molecular formula is C29H28F4N4O2S. The number of piperidine rings is 1. The van der Waals surface area contributed by atoms with E-state index >= 15 is 0 Å². The van der Waals surface area contributed by atoms with Gasteiger partial charge in [0.2, 0.25) is 5.91 Å². The molecular weight excluding hydrogens is 544 g/mol. The van der Waals surface area contributed by atoms with Gasteiger partial charge in [0.05, 0.1) is 22.8 Å². The highest BCUT2D eigenvalue weighted by Gasteiger charge is 2.41. The number of likely N-dealkylation sites (N-methyl/N-ethyl adjacent to an activating group) is 1. The number of carbonyl (C=O) groups is 2. The van der Waals surface area contributed by atoms with E-state index in [0.29, 0.717) is 18.8 Å². The van der Waals surface area contributed by atoms with Gasteiger partial charge in [-0.05, 0) is 63.1 Å². The van der Waals surface area contributed by atoms with Crippen molar-refractivity contribution < 1.29 is 27.2 Å². The lowest BCUT2D eigenvalue weighted by Gasteiger charge is -2.38. The van der Waals surface area contributed by atoms with Crippen molar-refractivity contribution in [3.8, 4) is 17.9 Å². The van der Waals surface area contributed by atoms with Crippen molar-refractivity contribution in [2.24, 2.45) is 5.92 Å². The molecule has 1 aliphatic rings. The van der Waals surface area contributed by atoms with Crippen LogP contribution in [-0.2, 0) is 15.8 Å². The molecule has 11 heteroatoms. The third-order valence-corrected chi connectivity index (χ3v) is 7.14. The number of thiocarbonyl (C=S) groups is 1. The first-order valence-corrected chi connectivity index (χ1v) is 12.9. The molecule has 1 fully saturated rings. The van der Waals surface area contributed by atoms with Gasteiger partial charge in [-0.25, -0.2) is 4.39 Å². The lowest BCUT2D eigenvalue weighted by atomic mass is 9.97. The Balaban J connectivity index is 1.81. The first kappa shape index (κ1) is 30.6. The van der Waals surface area contributed by atoms with E-state index in [9.17, 15) is 27.2 Å². The number of hydrogen-bond donors (Lipinski definition) is 0. The van der Waals surface area contributed by atoms with Gasteiger partial charge >= 0.3 is 6.18 Å². The number of hydrogen-bond acceptors (Lipinski definition) is 4. The summed E-state index contributed by atoms with van der Waals surface area (Å²) in [5.74, 6) is 4.19. The normalized spacial score (nSPS) is 14.0. The number of likely N-dealkylation sites (tertiary alicyclic amines) is 1. The minimum absolute atomic E-state index is 0.0609. The second kappa shape index (κ2) is 12.1. The molecule has 2 aromatic carbocycles. The molecule has 0 saturated carbocycles. The van der Waals surface area contributed by atoms with Crippen molar-refractivity contribution in [1.82, 2.24) is 4.90 Å². The van der Waals surface area contributed by atoms with E-state index in [1.54, 1.807) is 36.1 Å². The molecule has 0 atom stereocenters. The van der Waals surface area contributed by atoms with Crippen LogP contribution >= 0.6 is 12.2 Å². The molecule has 0 aromatic heterocycles. The monoisotopic (exact) mass is 572 g/mol. The smallest absolute Gasteiger partial charge is 0.343 e. The van der Waals surface area contributed by atoms with Gasteiger partial charge in [-0.1, -0.05) is 24.1 Å². The molecule has 2 aromatic rings. The summed E-state index contributed by atoms with van der Waals surface area (Å²) in [6, 6.07) is 10.1. The molecule has 0 bridgehead atoms. The number of rotatable bonds is 5. The van der Waals surface area contributed by atoms with E-state index in [1.807, 2.05) is 0 Å². The Labute approximate surface area is 236 Å². The minimum atomic E-state index is -5.12. The number of alkyl halides is 3. The number of nitriles is 1. The van der Waals surface area contributed by atoms with Crippen molar-refractivity contribution >= 4 is 40.9 Å². The maximum atomic E-state index is 15.0. The van der Waals surface area contributed by atoms with Gasteiger partial charge < -0.3 is 14.7 Å². The van der Waals surface area contributed by atoms with Gasteiger partial charge in [0.15, 0.2) is 5.82 Å². The minimum Gasteiger partial charge on any atom is -0.343 e. The Morgan fingerprint density at radius 1 is 1.10 bits per heavy atom. The summed E-state index contributed by atoms with van der Waals surface area (Å²) in [5, 5.41) is 9.01. The Bertz CT molecular complexity index is 1400. The Kier molecular flexibility index (Phi) is 9.21. The first-order chi connectivity index (χ1) is 18.7. The van der Waals surface area contributed by atoms with E-state index in [-0.39, 0.29) is 11.8 Å². The predicted octanol–water partition coefficient (Wildman–Crippen LogP) is 5.53. The standard InChI is InChI=1S/C29H28F4N4O2S/c1-19(38)36-15-13-21(14-16-36)6-5-20-7-10-23(11-8-20)37(18-40)28(2,3)27(39)35(4)24-12-9-22(17-34)25(26(24)30)29(31,32)33/h7-12,18,21H,13-16H2,1-4H3. The molecule has 0 spiro atoms. The Morgan fingerprint density at radius 2 is 1.70 bits per heavy atom. The average molecular weight is 573 g/mol. The van der Waals surface area contributed by atoms with E-state index < -0.39 is 40.3 Å². The fraction of sp³-hybridized carbons (Fsp3) is 0.379. The van der Waals surface area contributed by atoms with Crippen molar-refractivity contribution in [1.29, 1.82) is 5.26 Å². The molecule has 0 unspecified atom stereocenters. The lowest BCUT2D eigenvalue weighted by Crippen LogP contribution is -2.55. The molecule has 0 aliphatic carbocycles. The number of carbonyl (C=O) groups excluding carboxylic acids is 2. The number of amides is 2. The zero-order valence-electron chi connectivity index (χ0n) is 22.5. The van der Waals surface area contributed by atoms with Crippen LogP contribution in [0.1, 0.15) is 50.3 Å². The average Bonchev–Trinajstić information content (AvgIpc) is 2.91. The van der Waals surface area contributed by atoms with Crippen LogP contribution in [0.3, 0.4) is 0 Å². The molecule has 210 valence electrons. The van der Waals surface area contributed by atoms with Crippen molar-refractivity contribution in [2.45, 2.75) is 45.3 Å². The summed E-state index contributed by atoms with van der Waals surface area (Å²) >= 11 is 5.17. The van der Waals surface area contributed by atoms with E-state index in [1.165, 1.54) is 30.3 Å². The fourth-order valence-corrected chi connectivity index (χ4v) is 4.95. The third-order valence-electron chi connectivity index (χ3n) is 6.93. The second-order valence-electron chi connectivity index (χ2n) is 9.93. The van der Waals surface area contributed by atoms with Gasteiger partial charge in [0, 0.05) is 44.2 Å². The quantitative estimate of drug-likeness (QED) is 0.268. The summed E-state index contributed by atoms with van der Waals surface area (Å²) in [4.78, 5) is 29.0. The summed E-state index contributed by atoms with van der Waals surface area (Å²) in [6.45, 7) is 5.94. The first-order valence-electron chi connectivity index (χ1n) is 12.4. The van der Waals surface area contributed by atoms with E-state index in [4.69, 9.17) is 17.5 Å². The Hall–Kier alpha value is -3.96. The lowest BCUT2D eigenvalue weighted by molar-refractivity contribution is -0.140. The summed E-state index contributed by atoms with van der Waals surface area (Å²) in [5.41, 5.74) is -2.13. The van der Waals surface area contributed by atoms with Crippen LogP contribution in [0.5, 0.6) is 0 Å². The van der Waals surface area contributed by atoms with Crippen LogP contribution in [0, 0.1) is 34.9 Å². The number of nitrogens with zero attached hydrogens (tertiary/aromatic N) is 4. The van der Waals surface area contributed by atoms with Gasteiger partial charge in [0.25, 0.3) is 5.91 Å². The second-order valence-corrected chi connectivity index (χ2v) is 10.1. The summed E-state index contributed by atoms with van der Waals surface area (Å²) in [6.07, 6.45) is -3.52. The Morgan fingerprint density at radius 3 is 2.20 bits per heavy atom. The predicted molar refractivity (Wildman–Crippen MR) is 148 cm³/mol. The molecule has 0 N–H and O–H groups in total. The highest BCUT2D eigenvalue weighted by atomic mass is 32.1. The number of anilines is 2. The van der Waals surface area contributed by atoms with Gasteiger partial charge in [-0.15, -0.1) is 0 Å². The third kappa shape index (κ3) is 6.43. The van der Waals surface area contributed by atoms with Crippen LogP contribution in [0.4, 0.5) is 28.9 Å². The topological polar surface area (TPSA) is 67.7 Å². The van der Waals surface area contributed by atoms with E-state index in [2.05, 4.69) is 11.8 Å². The van der Waals surface area contributed by atoms with Crippen LogP contribution in [0.25, 0.3) is 0 Å². The van der Waals surface area contributed by atoms with Crippen LogP contribution in [0.15, 0.2) is 36.4 Å². The molecule has 1 heterocycles. The molecule has 2 amide bonds.